The van der Waals surface area contributed by atoms with Crippen molar-refractivity contribution in [3.8, 4) is 0 Å². The number of pyridine rings is 1. The zero-order valence-corrected chi connectivity index (χ0v) is 22.4. The van der Waals surface area contributed by atoms with E-state index in [1.165, 1.54) is 22.0 Å². The molecule has 0 bridgehead atoms. The van der Waals surface area contributed by atoms with Crippen LogP contribution in [0.25, 0.3) is 20.9 Å². The van der Waals surface area contributed by atoms with Gasteiger partial charge < -0.3 is 4.90 Å². The maximum atomic E-state index is 13.7. The highest BCUT2D eigenvalue weighted by Crippen LogP contribution is 2.34. The van der Waals surface area contributed by atoms with Gasteiger partial charge in [0.15, 0.2) is 0 Å². The molecule has 0 radical (unpaired) electrons. The first-order valence-corrected chi connectivity index (χ1v) is 15.2. The lowest BCUT2D eigenvalue weighted by atomic mass is 10.1. The number of fused-ring (bicyclic) bond motifs is 2. The monoisotopic (exact) mass is 540 g/mol. The van der Waals surface area contributed by atoms with Crippen molar-refractivity contribution in [2.45, 2.75) is 30.2 Å². The second kappa shape index (κ2) is 9.91. The Morgan fingerprint density at radius 3 is 2.58 bits per heavy atom. The molecule has 2 saturated heterocycles. The maximum absolute atomic E-state index is 13.7. The maximum Gasteiger partial charge on any atom is 0.245 e. The third-order valence-electron chi connectivity index (χ3n) is 7.58. The van der Waals surface area contributed by atoms with Crippen LogP contribution in [0.15, 0.2) is 65.0 Å². The van der Waals surface area contributed by atoms with Crippen molar-refractivity contribution in [2.75, 3.05) is 44.2 Å². The van der Waals surface area contributed by atoms with Gasteiger partial charge in [-0.05, 0) is 49.4 Å². The Morgan fingerprint density at radius 1 is 0.944 bits per heavy atom. The van der Waals surface area contributed by atoms with E-state index in [9.17, 15) is 8.42 Å². The highest BCUT2D eigenvalue weighted by Gasteiger charge is 2.36. The first-order valence-electron chi connectivity index (χ1n) is 12.5. The van der Waals surface area contributed by atoms with Crippen LogP contribution in [0.3, 0.4) is 0 Å². The molecule has 0 spiro atoms. The molecule has 0 N–H and O–H groups in total. The largest absolute Gasteiger partial charge is 0.368 e. The Hall–Kier alpha value is -2.23. The summed E-state index contributed by atoms with van der Waals surface area (Å²) in [6.07, 6.45) is 4.06. The molecule has 2 aromatic heterocycles. The van der Waals surface area contributed by atoms with E-state index in [4.69, 9.17) is 11.6 Å². The van der Waals surface area contributed by atoms with Crippen molar-refractivity contribution >= 4 is 59.5 Å². The van der Waals surface area contributed by atoms with E-state index in [1.807, 2.05) is 24.3 Å². The summed E-state index contributed by atoms with van der Waals surface area (Å²) >= 11 is 8.04. The third kappa shape index (κ3) is 4.39. The third-order valence-corrected chi connectivity index (χ3v) is 10.7. The smallest absolute Gasteiger partial charge is 0.245 e. The highest BCUT2D eigenvalue weighted by atomic mass is 35.5. The summed E-state index contributed by atoms with van der Waals surface area (Å²) in [4.78, 5) is 9.40. The van der Waals surface area contributed by atoms with Crippen molar-refractivity contribution in [2.24, 2.45) is 0 Å². The number of rotatable bonds is 6. The lowest BCUT2D eigenvalue weighted by molar-refractivity contribution is 0.232. The van der Waals surface area contributed by atoms with Gasteiger partial charge in [-0.1, -0.05) is 41.9 Å². The van der Waals surface area contributed by atoms with Crippen LogP contribution in [-0.4, -0.2) is 67.9 Å². The van der Waals surface area contributed by atoms with Gasteiger partial charge in [0.1, 0.15) is 10.0 Å². The molecule has 0 aliphatic carbocycles. The molecule has 0 saturated carbocycles. The Morgan fingerprint density at radius 2 is 1.75 bits per heavy atom. The van der Waals surface area contributed by atoms with Gasteiger partial charge in [-0.2, -0.15) is 4.31 Å². The second-order valence-corrected chi connectivity index (χ2v) is 12.8. The quantitative estimate of drug-likeness (QED) is 0.304. The Bertz CT molecular complexity index is 1500. The number of hydrogen-bond donors (Lipinski definition) is 0. The normalized spacial score (nSPS) is 20.0. The Kier molecular flexibility index (Phi) is 6.64. The number of sulfonamides is 1. The topological polar surface area (TPSA) is 56.8 Å². The summed E-state index contributed by atoms with van der Waals surface area (Å²) in [5.41, 5.74) is 1.32. The second-order valence-electron chi connectivity index (χ2n) is 9.60. The van der Waals surface area contributed by atoms with Crippen LogP contribution in [0.1, 0.15) is 19.3 Å². The van der Waals surface area contributed by atoms with E-state index in [2.05, 4.69) is 44.4 Å². The van der Waals surface area contributed by atoms with Crippen LogP contribution in [0.4, 0.5) is 5.69 Å². The van der Waals surface area contributed by atoms with Gasteiger partial charge in [0.2, 0.25) is 10.0 Å². The first kappa shape index (κ1) is 24.1. The fraction of sp³-hybridized carbons (Fsp3) is 0.370. The lowest BCUT2D eigenvalue weighted by Crippen LogP contribution is -2.47. The van der Waals surface area contributed by atoms with Crippen LogP contribution in [0.5, 0.6) is 0 Å². The van der Waals surface area contributed by atoms with Gasteiger partial charge in [-0.15, -0.1) is 11.3 Å². The standard InChI is InChI=1S/C27H29ClN4O2S2/c28-27-22-7-2-1-6-21(22)26(19-29-27)36(33,34)32-12-4-5-20(32)10-13-30-14-16-31(17-15-30)24-8-3-9-25-23(24)11-18-35-25/h1-3,6-9,11,18-20H,4-5,10,12-17H2. The number of anilines is 1. The summed E-state index contributed by atoms with van der Waals surface area (Å²) in [5.74, 6) is 0. The van der Waals surface area contributed by atoms with E-state index in [0.29, 0.717) is 22.5 Å². The van der Waals surface area contributed by atoms with Gasteiger partial charge >= 0.3 is 0 Å². The minimum absolute atomic E-state index is 0.0158. The Labute approximate surface area is 221 Å². The van der Waals surface area contributed by atoms with Crippen LogP contribution >= 0.6 is 22.9 Å². The summed E-state index contributed by atoms with van der Waals surface area (Å²) in [5, 5.41) is 5.14. The predicted octanol–water partition coefficient (Wildman–Crippen LogP) is 5.47. The summed E-state index contributed by atoms with van der Waals surface area (Å²) < 4.78 is 30.5. The lowest BCUT2D eigenvalue weighted by Gasteiger charge is -2.37. The van der Waals surface area contributed by atoms with E-state index in [1.54, 1.807) is 15.6 Å². The van der Waals surface area contributed by atoms with Crippen molar-refractivity contribution in [3.05, 3.63) is 65.3 Å². The van der Waals surface area contributed by atoms with Crippen LogP contribution < -0.4 is 4.90 Å². The van der Waals surface area contributed by atoms with Crippen molar-refractivity contribution < 1.29 is 8.42 Å². The number of halogens is 1. The number of thiophene rings is 1. The molecule has 4 aromatic rings. The van der Waals surface area contributed by atoms with E-state index < -0.39 is 10.0 Å². The van der Waals surface area contributed by atoms with Crippen molar-refractivity contribution in [1.82, 2.24) is 14.2 Å². The Balaban J connectivity index is 1.12. The molecule has 6 nitrogen and oxygen atoms in total. The molecular weight excluding hydrogens is 512 g/mol. The molecule has 1 unspecified atom stereocenters. The van der Waals surface area contributed by atoms with Gasteiger partial charge in [0.05, 0.1) is 0 Å². The molecule has 2 aliphatic rings. The van der Waals surface area contributed by atoms with Crippen molar-refractivity contribution in [3.63, 3.8) is 0 Å². The van der Waals surface area contributed by atoms with E-state index >= 15 is 0 Å². The molecule has 6 rings (SSSR count). The predicted molar refractivity (Wildman–Crippen MR) is 149 cm³/mol. The SMILES string of the molecule is O=S(=O)(c1cnc(Cl)c2ccccc12)N1CCCC1CCN1CCN(c2cccc3sccc23)CC1. The van der Waals surface area contributed by atoms with Crippen LogP contribution in [-0.2, 0) is 10.0 Å². The van der Waals surface area contributed by atoms with E-state index in [-0.39, 0.29) is 10.9 Å². The summed E-state index contributed by atoms with van der Waals surface area (Å²) in [7, 11) is -3.66. The number of aromatic nitrogens is 1. The van der Waals surface area contributed by atoms with Crippen LogP contribution in [0, 0.1) is 0 Å². The van der Waals surface area contributed by atoms with Gasteiger partial charge in [-0.3, -0.25) is 4.90 Å². The van der Waals surface area contributed by atoms with Gasteiger partial charge in [0.25, 0.3) is 0 Å². The minimum atomic E-state index is -3.66. The molecular formula is C27H29ClN4O2S2. The molecule has 4 heterocycles. The molecule has 36 heavy (non-hydrogen) atoms. The summed E-state index contributed by atoms with van der Waals surface area (Å²) in [6, 6.07) is 16.1. The number of benzene rings is 2. The van der Waals surface area contributed by atoms with E-state index in [0.717, 1.165) is 52.0 Å². The zero-order chi connectivity index (χ0) is 24.7. The highest BCUT2D eigenvalue weighted by molar-refractivity contribution is 7.89. The number of hydrogen-bond acceptors (Lipinski definition) is 6. The molecule has 0 amide bonds. The molecule has 2 aliphatic heterocycles. The fourth-order valence-corrected chi connectivity index (χ4v) is 8.56. The summed E-state index contributed by atoms with van der Waals surface area (Å²) in [6.45, 7) is 5.43. The van der Waals surface area contributed by atoms with Gasteiger partial charge in [0, 0.05) is 71.5 Å². The molecule has 1 atom stereocenters. The first-order chi connectivity index (χ1) is 17.5. The zero-order valence-electron chi connectivity index (χ0n) is 20.0. The average Bonchev–Trinajstić information content (AvgIpc) is 3.58. The van der Waals surface area contributed by atoms with Gasteiger partial charge in [-0.25, -0.2) is 13.4 Å². The molecule has 9 heteroatoms. The minimum Gasteiger partial charge on any atom is -0.368 e. The molecule has 188 valence electrons. The average molecular weight is 541 g/mol. The fourth-order valence-electron chi connectivity index (χ4n) is 5.68. The van der Waals surface area contributed by atoms with Crippen molar-refractivity contribution in [1.29, 1.82) is 0 Å². The number of nitrogens with zero attached hydrogens (tertiary/aromatic N) is 4. The number of piperazine rings is 1. The molecule has 2 aromatic carbocycles. The van der Waals surface area contributed by atoms with Crippen LogP contribution in [0.2, 0.25) is 5.15 Å². The molecule has 2 fully saturated rings.